The predicted octanol–water partition coefficient (Wildman–Crippen LogP) is 1.51. The Morgan fingerprint density at radius 2 is 2.00 bits per heavy atom. The van der Waals surface area contributed by atoms with Crippen molar-refractivity contribution in [3.05, 3.63) is 24.3 Å². The van der Waals surface area contributed by atoms with E-state index in [1.807, 2.05) is 4.90 Å². The fourth-order valence-electron chi connectivity index (χ4n) is 3.41. The molecule has 0 bridgehead atoms. The maximum atomic E-state index is 12.6. The fourth-order valence-corrected chi connectivity index (χ4v) is 4.60. The first-order valence-electron chi connectivity index (χ1n) is 9.28. The van der Waals surface area contributed by atoms with E-state index in [-0.39, 0.29) is 23.3 Å². The van der Waals surface area contributed by atoms with E-state index in [4.69, 9.17) is 4.74 Å². The number of ketones is 1. The SMILES string of the molecule is COc1ccc(S(=O)(=O)N(C)CCC(O)CN2CCCCC2C(C)=O)cc1. The van der Waals surface area contributed by atoms with Gasteiger partial charge in [0.15, 0.2) is 0 Å². The number of likely N-dealkylation sites (tertiary alicyclic amines) is 1. The van der Waals surface area contributed by atoms with Crippen molar-refractivity contribution >= 4 is 15.8 Å². The number of carbonyl (C=O) groups is 1. The van der Waals surface area contributed by atoms with E-state index in [0.717, 1.165) is 25.8 Å². The van der Waals surface area contributed by atoms with E-state index >= 15 is 0 Å². The van der Waals surface area contributed by atoms with Crippen LogP contribution in [0.1, 0.15) is 32.6 Å². The Labute approximate surface area is 162 Å². The molecule has 1 fully saturated rings. The minimum absolute atomic E-state index is 0.126. The number of hydrogen-bond donors (Lipinski definition) is 1. The van der Waals surface area contributed by atoms with E-state index in [1.165, 1.54) is 30.6 Å². The average Bonchev–Trinajstić information content (AvgIpc) is 2.66. The number of rotatable bonds is 9. The van der Waals surface area contributed by atoms with Crippen LogP contribution in [-0.2, 0) is 14.8 Å². The average molecular weight is 399 g/mol. The maximum Gasteiger partial charge on any atom is 0.242 e. The van der Waals surface area contributed by atoms with Gasteiger partial charge in [0.05, 0.1) is 24.2 Å². The van der Waals surface area contributed by atoms with Gasteiger partial charge in [-0.3, -0.25) is 9.69 Å². The normalized spacial score (nSPS) is 19.8. The third-order valence-corrected chi connectivity index (χ3v) is 6.94. The van der Waals surface area contributed by atoms with Crippen molar-refractivity contribution in [1.29, 1.82) is 0 Å². The number of carbonyl (C=O) groups excluding carboxylic acids is 1. The van der Waals surface area contributed by atoms with Gasteiger partial charge < -0.3 is 9.84 Å². The topological polar surface area (TPSA) is 87.2 Å². The third kappa shape index (κ3) is 5.75. The number of methoxy groups -OCH3 is 1. The minimum atomic E-state index is -3.62. The smallest absolute Gasteiger partial charge is 0.242 e. The summed E-state index contributed by atoms with van der Waals surface area (Å²) < 4.78 is 31.5. The molecular weight excluding hydrogens is 368 g/mol. The van der Waals surface area contributed by atoms with Crippen LogP contribution >= 0.6 is 0 Å². The molecule has 2 atom stereocenters. The fraction of sp³-hybridized carbons (Fsp3) is 0.632. The van der Waals surface area contributed by atoms with Gasteiger partial charge >= 0.3 is 0 Å². The number of β-amino-alcohol motifs (C(OH)–C–C–N with tert-alkyl or cyclic N) is 1. The summed E-state index contributed by atoms with van der Waals surface area (Å²) in [7, 11) is -0.589. The molecule has 1 aliphatic rings. The van der Waals surface area contributed by atoms with Crippen molar-refractivity contribution in [2.45, 2.75) is 49.6 Å². The summed E-state index contributed by atoms with van der Waals surface area (Å²) in [4.78, 5) is 14.0. The summed E-state index contributed by atoms with van der Waals surface area (Å²) in [6.45, 7) is 2.97. The molecule has 1 saturated heterocycles. The molecule has 1 aromatic rings. The van der Waals surface area contributed by atoms with Gasteiger partial charge in [-0.25, -0.2) is 12.7 Å². The summed E-state index contributed by atoms with van der Waals surface area (Å²) in [5.41, 5.74) is 0. The van der Waals surface area contributed by atoms with Crippen LogP contribution in [0.5, 0.6) is 5.75 Å². The second-order valence-corrected chi connectivity index (χ2v) is 9.11. The number of aliphatic hydroxyl groups is 1. The monoisotopic (exact) mass is 398 g/mol. The molecule has 0 spiro atoms. The van der Waals surface area contributed by atoms with Gasteiger partial charge in [0.1, 0.15) is 11.5 Å². The zero-order chi connectivity index (χ0) is 20.0. The molecule has 27 heavy (non-hydrogen) atoms. The maximum absolute atomic E-state index is 12.6. The van der Waals surface area contributed by atoms with E-state index in [9.17, 15) is 18.3 Å². The van der Waals surface area contributed by atoms with Gasteiger partial charge in [0, 0.05) is 20.1 Å². The van der Waals surface area contributed by atoms with Crippen LogP contribution in [0.3, 0.4) is 0 Å². The summed E-state index contributed by atoms with van der Waals surface area (Å²) in [5, 5.41) is 10.4. The summed E-state index contributed by atoms with van der Waals surface area (Å²) in [6, 6.07) is 6.09. The standard InChI is InChI=1S/C19H30N2O5S/c1-15(22)19-6-4-5-12-21(19)14-16(23)11-13-20(2)27(24,25)18-9-7-17(26-3)8-10-18/h7-10,16,19,23H,4-6,11-14H2,1-3H3. The number of Topliss-reactive ketones (excluding diaryl/α,β-unsaturated/α-hetero) is 1. The number of piperidine rings is 1. The summed E-state index contributed by atoms with van der Waals surface area (Å²) in [5.74, 6) is 0.717. The molecule has 1 heterocycles. The Kier molecular flexibility index (Phi) is 7.79. The molecule has 1 aliphatic heterocycles. The first-order valence-corrected chi connectivity index (χ1v) is 10.7. The lowest BCUT2D eigenvalue weighted by atomic mass is 9.98. The number of aliphatic hydroxyl groups excluding tert-OH is 1. The molecule has 0 amide bonds. The number of benzene rings is 1. The van der Waals surface area contributed by atoms with Crippen molar-refractivity contribution in [2.75, 3.05) is 33.8 Å². The van der Waals surface area contributed by atoms with Crippen LogP contribution in [0.15, 0.2) is 29.2 Å². The molecule has 152 valence electrons. The molecule has 0 radical (unpaired) electrons. The molecule has 1 N–H and O–H groups in total. The lowest BCUT2D eigenvalue weighted by molar-refractivity contribution is -0.123. The highest BCUT2D eigenvalue weighted by molar-refractivity contribution is 7.89. The van der Waals surface area contributed by atoms with Crippen molar-refractivity contribution in [1.82, 2.24) is 9.21 Å². The summed E-state index contributed by atoms with van der Waals surface area (Å²) in [6.07, 6.45) is 2.50. The lowest BCUT2D eigenvalue weighted by Crippen LogP contribution is -2.47. The Morgan fingerprint density at radius 3 is 2.59 bits per heavy atom. The predicted molar refractivity (Wildman–Crippen MR) is 103 cm³/mol. The van der Waals surface area contributed by atoms with Crippen LogP contribution in [0.25, 0.3) is 0 Å². The molecule has 8 heteroatoms. The number of sulfonamides is 1. The van der Waals surface area contributed by atoms with Crippen LogP contribution in [0, 0.1) is 0 Å². The van der Waals surface area contributed by atoms with Crippen molar-refractivity contribution in [3.63, 3.8) is 0 Å². The van der Waals surface area contributed by atoms with Crippen LogP contribution in [-0.4, -0.2) is 74.5 Å². The van der Waals surface area contributed by atoms with Crippen molar-refractivity contribution in [3.8, 4) is 5.75 Å². The molecule has 2 rings (SSSR count). The first kappa shape index (κ1) is 21.8. The van der Waals surface area contributed by atoms with Gasteiger partial charge in [-0.1, -0.05) is 6.42 Å². The van der Waals surface area contributed by atoms with Crippen LogP contribution < -0.4 is 4.74 Å². The van der Waals surface area contributed by atoms with E-state index in [2.05, 4.69) is 0 Å². The first-order chi connectivity index (χ1) is 12.8. The summed E-state index contributed by atoms with van der Waals surface area (Å²) >= 11 is 0. The number of ether oxygens (including phenoxy) is 1. The Morgan fingerprint density at radius 1 is 1.33 bits per heavy atom. The van der Waals surface area contributed by atoms with Crippen LogP contribution in [0.4, 0.5) is 0 Å². The van der Waals surface area contributed by atoms with Gasteiger partial charge in [-0.15, -0.1) is 0 Å². The zero-order valence-electron chi connectivity index (χ0n) is 16.3. The molecular formula is C19H30N2O5S. The Hall–Kier alpha value is -1.48. The second kappa shape index (κ2) is 9.64. The molecule has 7 nitrogen and oxygen atoms in total. The highest BCUT2D eigenvalue weighted by atomic mass is 32.2. The van der Waals surface area contributed by atoms with E-state index in [0.29, 0.717) is 18.7 Å². The second-order valence-electron chi connectivity index (χ2n) is 7.06. The Balaban J connectivity index is 1.91. The Bertz CT molecular complexity index is 720. The highest BCUT2D eigenvalue weighted by Gasteiger charge is 2.28. The van der Waals surface area contributed by atoms with Crippen molar-refractivity contribution < 1.29 is 23.1 Å². The van der Waals surface area contributed by atoms with E-state index < -0.39 is 16.1 Å². The molecule has 0 aromatic heterocycles. The van der Waals surface area contributed by atoms with Gasteiger partial charge in [-0.2, -0.15) is 0 Å². The largest absolute Gasteiger partial charge is 0.497 e. The van der Waals surface area contributed by atoms with Gasteiger partial charge in [-0.05, 0) is 57.0 Å². The molecule has 1 aromatic carbocycles. The molecule has 0 saturated carbocycles. The number of hydrogen-bond acceptors (Lipinski definition) is 6. The third-order valence-electron chi connectivity index (χ3n) is 5.07. The highest BCUT2D eigenvalue weighted by Crippen LogP contribution is 2.20. The lowest BCUT2D eigenvalue weighted by Gasteiger charge is -2.35. The van der Waals surface area contributed by atoms with Gasteiger partial charge in [0.2, 0.25) is 10.0 Å². The zero-order valence-corrected chi connectivity index (χ0v) is 17.1. The van der Waals surface area contributed by atoms with Crippen LogP contribution in [0.2, 0.25) is 0 Å². The molecule has 2 unspecified atom stereocenters. The van der Waals surface area contributed by atoms with E-state index in [1.54, 1.807) is 19.1 Å². The quantitative estimate of drug-likeness (QED) is 0.679. The molecule has 0 aliphatic carbocycles. The van der Waals surface area contributed by atoms with Crippen molar-refractivity contribution in [2.24, 2.45) is 0 Å². The van der Waals surface area contributed by atoms with Gasteiger partial charge in [0.25, 0.3) is 0 Å². The minimum Gasteiger partial charge on any atom is -0.497 e. The number of nitrogens with zero attached hydrogens (tertiary/aromatic N) is 2.